The maximum absolute atomic E-state index is 12.7. The van der Waals surface area contributed by atoms with Crippen molar-refractivity contribution in [1.82, 2.24) is 14.3 Å². The molecule has 0 N–H and O–H groups in total. The highest BCUT2D eigenvalue weighted by Gasteiger charge is 2.30. The highest BCUT2D eigenvalue weighted by molar-refractivity contribution is 7.91. The van der Waals surface area contributed by atoms with Crippen molar-refractivity contribution in [2.24, 2.45) is 5.92 Å². The SMILES string of the molecule is Cc1cc(CC2COCCN(S(=O)(=O)c3cccs3)C2)ncn1. The number of aryl methyl sites for hydroxylation is 1. The molecule has 0 spiro atoms. The van der Waals surface area contributed by atoms with Gasteiger partial charge in [-0.05, 0) is 30.9 Å². The summed E-state index contributed by atoms with van der Waals surface area (Å²) in [5.41, 5.74) is 1.83. The summed E-state index contributed by atoms with van der Waals surface area (Å²) in [6.45, 7) is 3.72. The standard InChI is InChI=1S/C15H19N3O3S2/c1-12-7-14(17-11-16-12)8-13-9-18(4-5-21-10-13)23(19,20)15-3-2-6-22-15/h2-3,6-7,11,13H,4-5,8-10H2,1H3. The molecule has 0 aromatic carbocycles. The minimum absolute atomic E-state index is 0.0848. The number of sulfonamides is 1. The zero-order valence-electron chi connectivity index (χ0n) is 12.9. The van der Waals surface area contributed by atoms with Gasteiger partial charge in [0, 0.05) is 30.4 Å². The van der Waals surface area contributed by atoms with Gasteiger partial charge in [0.05, 0.1) is 13.2 Å². The Kier molecular flexibility index (Phi) is 5.05. The Morgan fingerprint density at radius 2 is 2.30 bits per heavy atom. The minimum atomic E-state index is -3.44. The molecule has 1 aliphatic rings. The van der Waals surface area contributed by atoms with Gasteiger partial charge in [0.25, 0.3) is 10.0 Å². The predicted molar refractivity (Wildman–Crippen MR) is 87.9 cm³/mol. The Morgan fingerprint density at radius 1 is 1.43 bits per heavy atom. The molecule has 0 amide bonds. The first-order valence-corrected chi connectivity index (χ1v) is 9.76. The largest absolute Gasteiger partial charge is 0.380 e. The molecule has 1 aliphatic heterocycles. The lowest BCUT2D eigenvalue weighted by Gasteiger charge is -2.22. The van der Waals surface area contributed by atoms with E-state index in [1.807, 2.05) is 13.0 Å². The summed E-state index contributed by atoms with van der Waals surface area (Å²) in [5, 5.41) is 1.78. The lowest BCUT2D eigenvalue weighted by molar-refractivity contribution is 0.122. The van der Waals surface area contributed by atoms with E-state index in [0.29, 0.717) is 36.9 Å². The Labute approximate surface area is 140 Å². The molecule has 0 bridgehead atoms. The smallest absolute Gasteiger partial charge is 0.252 e. The molecule has 23 heavy (non-hydrogen) atoms. The normalized spacial score (nSPS) is 20.3. The van der Waals surface area contributed by atoms with E-state index in [4.69, 9.17) is 4.74 Å². The molecule has 124 valence electrons. The lowest BCUT2D eigenvalue weighted by Crippen LogP contribution is -2.36. The molecule has 2 aromatic rings. The van der Waals surface area contributed by atoms with Gasteiger partial charge in [0.2, 0.25) is 0 Å². The zero-order valence-corrected chi connectivity index (χ0v) is 14.5. The van der Waals surface area contributed by atoms with Gasteiger partial charge >= 0.3 is 0 Å². The third-order valence-electron chi connectivity index (χ3n) is 3.75. The van der Waals surface area contributed by atoms with Crippen LogP contribution in [-0.2, 0) is 21.2 Å². The molecule has 8 heteroatoms. The van der Waals surface area contributed by atoms with Gasteiger partial charge in [-0.3, -0.25) is 0 Å². The number of aromatic nitrogens is 2. The Morgan fingerprint density at radius 3 is 3.04 bits per heavy atom. The first-order chi connectivity index (χ1) is 11.1. The third kappa shape index (κ3) is 3.95. The summed E-state index contributed by atoms with van der Waals surface area (Å²) >= 11 is 1.25. The lowest BCUT2D eigenvalue weighted by atomic mass is 10.0. The van der Waals surface area contributed by atoms with E-state index in [1.54, 1.807) is 23.8 Å². The van der Waals surface area contributed by atoms with Crippen LogP contribution in [0.15, 0.2) is 34.1 Å². The van der Waals surface area contributed by atoms with Crippen LogP contribution >= 0.6 is 11.3 Å². The third-order valence-corrected chi connectivity index (χ3v) is 6.99. The average molecular weight is 353 g/mol. The van der Waals surface area contributed by atoms with Crippen molar-refractivity contribution in [3.63, 3.8) is 0 Å². The summed E-state index contributed by atoms with van der Waals surface area (Å²) in [5.74, 6) is 0.0848. The van der Waals surface area contributed by atoms with Gasteiger partial charge in [-0.25, -0.2) is 18.4 Å². The van der Waals surface area contributed by atoms with Crippen LogP contribution in [0.4, 0.5) is 0 Å². The fourth-order valence-corrected chi connectivity index (χ4v) is 5.29. The van der Waals surface area contributed by atoms with Crippen LogP contribution in [0, 0.1) is 12.8 Å². The highest BCUT2D eigenvalue weighted by Crippen LogP contribution is 2.23. The Bertz CT molecular complexity index is 747. The Hall–Kier alpha value is -1.35. The van der Waals surface area contributed by atoms with Crippen molar-refractivity contribution in [2.75, 3.05) is 26.3 Å². The first-order valence-electron chi connectivity index (χ1n) is 7.44. The molecule has 6 nitrogen and oxygen atoms in total. The number of ether oxygens (including phenoxy) is 1. The summed E-state index contributed by atoms with van der Waals surface area (Å²) in [6, 6.07) is 5.34. The average Bonchev–Trinajstić information content (AvgIpc) is 2.95. The fourth-order valence-electron chi connectivity index (χ4n) is 2.64. The molecule has 1 unspecified atom stereocenters. The second-order valence-electron chi connectivity index (χ2n) is 5.59. The minimum Gasteiger partial charge on any atom is -0.380 e. The molecule has 1 fully saturated rings. The first kappa shape index (κ1) is 16.5. The van der Waals surface area contributed by atoms with Crippen molar-refractivity contribution in [2.45, 2.75) is 17.6 Å². The van der Waals surface area contributed by atoms with Gasteiger partial charge in [-0.2, -0.15) is 4.31 Å². The van der Waals surface area contributed by atoms with Gasteiger partial charge in [0.15, 0.2) is 0 Å². The second-order valence-corrected chi connectivity index (χ2v) is 8.70. The van der Waals surface area contributed by atoms with Crippen molar-refractivity contribution >= 4 is 21.4 Å². The Balaban J connectivity index is 1.76. The van der Waals surface area contributed by atoms with Crippen LogP contribution in [0.2, 0.25) is 0 Å². The summed E-state index contributed by atoms with van der Waals surface area (Å²) in [7, 11) is -3.44. The molecule has 0 saturated carbocycles. The zero-order chi connectivity index (χ0) is 16.3. The summed E-state index contributed by atoms with van der Waals surface area (Å²) in [4.78, 5) is 8.36. The fraction of sp³-hybridized carbons (Fsp3) is 0.467. The summed E-state index contributed by atoms with van der Waals surface area (Å²) < 4.78 is 32.9. The molecule has 3 heterocycles. The van der Waals surface area contributed by atoms with E-state index in [0.717, 1.165) is 11.4 Å². The predicted octanol–water partition coefficient (Wildman–Crippen LogP) is 1.73. The van der Waals surface area contributed by atoms with Gasteiger partial charge < -0.3 is 4.74 Å². The second kappa shape index (κ2) is 7.04. The van der Waals surface area contributed by atoms with Crippen LogP contribution in [0.1, 0.15) is 11.4 Å². The van der Waals surface area contributed by atoms with Crippen molar-refractivity contribution in [3.8, 4) is 0 Å². The number of rotatable bonds is 4. The maximum atomic E-state index is 12.7. The van der Waals surface area contributed by atoms with E-state index in [9.17, 15) is 8.42 Å². The number of hydrogen-bond acceptors (Lipinski definition) is 6. The maximum Gasteiger partial charge on any atom is 0.252 e. The van der Waals surface area contributed by atoms with Crippen LogP contribution in [-0.4, -0.2) is 49.0 Å². The van der Waals surface area contributed by atoms with Crippen molar-refractivity contribution < 1.29 is 13.2 Å². The summed E-state index contributed by atoms with van der Waals surface area (Å²) in [6.07, 6.45) is 2.22. The van der Waals surface area contributed by atoms with Gasteiger partial charge in [-0.1, -0.05) is 6.07 Å². The molecule has 3 rings (SSSR count). The van der Waals surface area contributed by atoms with Crippen LogP contribution < -0.4 is 0 Å². The van der Waals surface area contributed by atoms with Crippen molar-refractivity contribution in [3.05, 3.63) is 41.3 Å². The van der Waals surface area contributed by atoms with E-state index in [1.165, 1.54) is 15.6 Å². The molecule has 1 saturated heterocycles. The number of hydrogen-bond donors (Lipinski definition) is 0. The molecule has 0 aliphatic carbocycles. The molecular formula is C15H19N3O3S2. The quantitative estimate of drug-likeness (QED) is 0.837. The molecule has 0 radical (unpaired) electrons. The monoisotopic (exact) mass is 353 g/mol. The van der Waals surface area contributed by atoms with E-state index >= 15 is 0 Å². The highest BCUT2D eigenvalue weighted by atomic mass is 32.2. The van der Waals surface area contributed by atoms with E-state index < -0.39 is 10.0 Å². The van der Waals surface area contributed by atoms with Gasteiger partial charge in [0.1, 0.15) is 10.5 Å². The molecule has 1 atom stereocenters. The molecular weight excluding hydrogens is 334 g/mol. The van der Waals surface area contributed by atoms with Crippen LogP contribution in [0.5, 0.6) is 0 Å². The number of thiophene rings is 1. The van der Waals surface area contributed by atoms with E-state index in [2.05, 4.69) is 9.97 Å². The number of nitrogens with zero attached hydrogens (tertiary/aromatic N) is 3. The molecule has 2 aromatic heterocycles. The van der Waals surface area contributed by atoms with Crippen molar-refractivity contribution in [1.29, 1.82) is 0 Å². The topological polar surface area (TPSA) is 72.4 Å². The van der Waals surface area contributed by atoms with Crippen LogP contribution in [0.3, 0.4) is 0 Å². The van der Waals surface area contributed by atoms with Gasteiger partial charge in [-0.15, -0.1) is 11.3 Å². The van der Waals surface area contributed by atoms with Crippen LogP contribution in [0.25, 0.3) is 0 Å². The van der Waals surface area contributed by atoms with E-state index in [-0.39, 0.29) is 5.92 Å².